The maximum absolute atomic E-state index is 12.2. The number of carbonyl (C=O) groups is 1. The van der Waals surface area contributed by atoms with Gasteiger partial charge in [-0.25, -0.2) is 4.79 Å². The predicted octanol–water partition coefficient (Wildman–Crippen LogP) is 1.90. The molecule has 1 fully saturated rings. The Hall–Kier alpha value is -2.41. The van der Waals surface area contributed by atoms with Crippen LogP contribution >= 0.6 is 11.6 Å². The van der Waals surface area contributed by atoms with E-state index >= 15 is 0 Å². The van der Waals surface area contributed by atoms with Gasteiger partial charge in [0.05, 0.1) is 11.2 Å². The molecule has 0 radical (unpaired) electrons. The normalized spacial score (nSPS) is 23.2. The Balaban J connectivity index is 1.45. The van der Waals surface area contributed by atoms with Crippen molar-refractivity contribution < 1.29 is 4.79 Å². The number of fused-ring (bicyclic) bond motifs is 1. The van der Waals surface area contributed by atoms with Crippen molar-refractivity contribution in [1.82, 2.24) is 31.5 Å². The molecule has 1 unspecified atom stereocenters. The summed E-state index contributed by atoms with van der Waals surface area (Å²) in [5.74, 6) is 0.637. The Morgan fingerprint density at radius 1 is 1.28 bits per heavy atom. The molecule has 3 heterocycles. The monoisotopic (exact) mass is 360 g/mol. The van der Waals surface area contributed by atoms with Crippen LogP contribution in [0, 0.1) is 0 Å². The number of hydrogen-bond donors (Lipinski definition) is 5. The summed E-state index contributed by atoms with van der Waals surface area (Å²) in [6, 6.07) is -0.101. The van der Waals surface area contributed by atoms with Crippen LogP contribution in [-0.4, -0.2) is 34.9 Å². The number of nitrogens with zero attached hydrogens (tertiary/aromatic N) is 1. The maximum atomic E-state index is 12.2. The molecular weight excluding hydrogens is 340 g/mol. The molecule has 2 amide bonds. The number of nitrogens with one attached hydrogen (secondary N) is 5. The van der Waals surface area contributed by atoms with Crippen molar-refractivity contribution in [2.24, 2.45) is 0 Å². The van der Waals surface area contributed by atoms with Crippen molar-refractivity contribution in [1.29, 1.82) is 0 Å². The van der Waals surface area contributed by atoms with Gasteiger partial charge in [0.15, 0.2) is 0 Å². The van der Waals surface area contributed by atoms with Crippen LogP contribution in [-0.2, 0) is 0 Å². The number of H-pyrrole nitrogens is 1. The van der Waals surface area contributed by atoms with Crippen LogP contribution in [0.4, 0.5) is 4.79 Å². The molecular formula is C17H21ClN6O. The molecule has 4 rings (SSSR count). The molecule has 1 saturated carbocycles. The maximum Gasteiger partial charge on any atom is 0.320 e. The van der Waals surface area contributed by atoms with Gasteiger partial charge in [-0.1, -0.05) is 24.4 Å². The molecule has 0 aromatic carbocycles. The summed E-state index contributed by atoms with van der Waals surface area (Å²) in [5.41, 5.74) is 2.93. The van der Waals surface area contributed by atoms with E-state index in [4.69, 9.17) is 11.6 Å². The number of dihydropyridines is 1. The van der Waals surface area contributed by atoms with Crippen LogP contribution in [0.15, 0.2) is 41.1 Å². The number of hydrogen-bond acceptors (Lipinski definition) is 4. The summed E-state index contributed by atoms with van der Waals surface area (Å²) in [5, 5.41) is 20.0. The van der Waals surface area contributed by atoms with Gasteiger partial charge in [0.2, 0.25) is 0 Å². The number of aromatic nitrogens is 2. The molecule has 1 aromatic heterocycles. The first-order valence-electron chi connectivity index (χ1n) is 8.58. The molecule has 2 aliphatic heterocycles. The first-order valence-corrected chi connectivity index (χ1v) is 8.96. The van der Waals surface area contributed by atoms with Crippen molar-refractivity contribution in [3.05, 3.63) is 46.7 Å². The van der Waals surface area contributed by atoms with Crippen LogP contribution in [0.2, 0.25) is 0 Å². The number of aromatic amines is 1. The number of allylic oxidation sites excluding steroid dienone is 2. The summed E-state index contributed by atoms with van der Waals surface area (Å²) in [7, 11) is 0. The molecule has 1 aromatic rings. The van der Waals surface area contributed by atoms with Crippen molar-refractivity contribution in [3.63, 3.8) is 0 Å². The second-order valence-electron chi connectivity index (χ2n) is 6.53. The number of urea groups is 1. The van der Waals surface area contributed by atoms with Gasteiger partial charge in [-0.3, -0.25) is 10.4 Å². The highest BCUT2D eigenvalue weighted by Gasteiger charge is 2.29. The Bertz CT molecular complexity index is 745. The summed E-state index contributed by atoms with van der Waals surface area (Å²) in [6.45, 7) is 0.640. The lowest BCUT2D eigenvalue weighted by atomic mass is 9.98. The van der Waals surface area contributed by atoms with E-state index in [0.717, 1.165) is 29.7 Å². The summed E-state index contributed by atoms with van der Waals surface area (Å²) >= 11 is 6.63. The molecule has 132 valence electrons. The average Bonchev–Trinajstić information content (AvgIpc) is 3.29. The molecule has 1 aliphatic carbocycles. The van der Waals surface area contributed by atoms with E-state index in [0.29, 0.717) is 17.4 Å². The summed E-state index contributed by atoms with van der Waals surface area (Å²) < 4.78 is 0. The molecule has 3 aliphatic rings. The Morgan fingerprint density at radius 2 is 2.12 bits per heavy atom. The van der Waals surface area contributed by atoms with E-state index in [2.05, 4.69) is 31.5 Å². The molecule has 25 heavy (non-hydrogen) atoms. The highest BCUT2D eigenvalue weighted by Crippen LogP contribution is 2.31. The fourth-order valence-electron chi connectivity index (χ4n) is 3.51. The predicted molar refractivity (Wildman–Crippen MR) is 96.4 cm³/mol. The first-order chi connectivity index (χ1) is 12.2. The number of carbonyl (C=O) groups excluding carboxylic acids is 1. The lowest BCUT2D eigenvalue weighted by Gasteiger charge is -2.33. The summed E-state index contributed by atoms with van der Waals surface area (Å²) in [4.78, 5) is 12.2. The van der Waals surface area contributed by atoms with Crippen LogP contribution in [0.5, 0.6) is 0 Å². The Labute approximate surface area is 151 Å². The lowest BCUT2D eigenvalue weighted by Crippen LogP contribution is -2.49. The minimum Gasteiger partial charge on any atom is -0.382 e. The standard InChI is InChI=1S/C17H21ClN6O/c18-15-12(10-7-20-21-8-10)9-19-13-5-6-14(23-16(13)15)24-17(25)22-11-3-1-2-4-11/h5-8,11,16,19,23H,1-4,9H2,(H,20,21)(H2,22,24,25). The van der Waals surface area contributed by atoms with Gasteiger partial charge in [-0.05, 0) is 30.6 Å². The van der Waals surface area contributed by atoms with Gasteiger partial charge in [0.25, 0.3) is 0 Å². The smallest absolute Gasteiger partial charge is 0.320 e. The third kappa shape index (κ3) is 3.37. The van der Waals surface area contributed by atoms with Crippen molar-refractivity contribution >= 4 is 23.2 Å². The average molecular weight is 361 g/mol. The zero-order valence-corrected chi connectivity index (χ0v) is 14.5. The molecule has 0 saturated heterocycles. The van der Waals surface area contributed by atoms with Crippen LogP contribution in [0.25, 0.3) is 5.57 Å². The third-order valence-corrected chi connectivity index (χ3v) is 5.28. The van der Waals surface area contributed by atoms with Crippen molar-refractivity contribution in [2.75, 3.05) is 6.54 Å². The number of halogens is 1. The highest BCUT2D eigenvalue weighted by atomic mass is 35.5. The lowest BCUT2D eigenvalue weighted by molar-refractivity contribution is 0.239. The van der Waals surface area contributed by atoms with Gasteiger partial charge < -0.3 is 16.0 Å². The van der Waals surface area contributed by atoms with E-state index in [9.17, 15) is 4.79 Å². The zero-order valence-electron chi connectivity index (χ0n) is 13.7. The topological polar surface area (TPSA) is 93.9 Å². The Morgan fingerprint density at radius 3 is 2.88 bits per heavy atom. The molecule has 7 nitrogen and oxygen atoms in total. The van der Waals surface area contributed by atoms with Crippen molar-refractivity contribution in [2.45, 2.75) is 37.8 Å². The van der Waals surface area contributed by atoms with E-state index < -0.39 is 0 Å². The van der Waals surface area contributed by atoms with Gasteiger partial charge in [0.1, 0.15) is 11.9 Å². The second-order valence-corrected chi connectivity index (χ2v) is 6.93. The fourth-order valence-corrected chi connectivity index (χ4v) is 3.86. The third-order valence-electron chi connectivity index (χ3n) is 4.84. The molecule has 0 bridgehead atoms. The largest absolute Gasteiger partial charge is 0.382 e. The van der Waals surface area contributed by atoms with E-state index in [1.165, 1.54) is 12.8 Å². The molecule has 1 atom stereocenters. The quantitative estimate of drug-likeness (QED) is 0.569. The SMILES string of the molecule is O=C(NC1=CC=C2NCC(c3cn[nH]c3)=C(Cl)C2N1)NC1CCCC1. The first kappa shape index (κ1) is 16.1. The molecule has 8 heteroatoms. The van der Waals surface area contributed by atoms with E-state index in [1.54, 1.807) is 6.20 Å². The fraction of sp³-hybridized carbons (Fsp3) is 0.412. The summed E-state index contributed by atoms with van der Waals surface area (Å²) in [6.07, 6.45) is 11.8. The van der Waals surface area contributed by atoms with Gasteiger partial charge in [-0.2, -0.15) is 5.10 Å². The zero-order chi connectivity index (χ0) is 17.2. The van der Waals surface area contributed by atoms with Crippen LogP contribution in [0.3, 0.4) is 0 Å². The van der Waals surface area contributed by atoms with Gasteiger partial charge in [0, 0.05) is 30.0 Å². The second kappa shape index (κ2) is 6.84. The minimum absolute atomic E-state index is 0.179. The van der Waals surface area contributed by atoms with Crippen LogP contribution in [0.1, 0.15) is 31.2 Å². The highest BCUT2D eigenvalue weighted by molar-refractivity contribution is 6.34. The van der Waals surface area contributed by atoms with E-state index in [1.807, 2.05) is 18.3 Å². The number of rotatable bonds is 3. The van der Waals surface area contributed by atoms with Gasteiger partial charge in [-0.15, -0.1) is 0 Å². The van der Waals surface area contributed by atoms with Gasteiger partial charge >= 0.3 is 6.03 Å². The number of amides is 2. The van der Waals surface area contributed by atoms with E-state index in [-0.39, 0.29) is 18.1 Å². The minimum atomic E-state index is -0.202. The molecule has 5 N–H and O–H groups in total. The van der Waals surface area contributed by atoms with Crippen molar-refractivity contribution in [3.8, 4) is 0 Å². The Kier molecular flexibility index (Phi) is 4.40. The molecule has 0 spiro atoms. The van der Waals surface area contributed by atoms with Crippen LogP contribution < -0.4 is 21.3 Å².